The zero-order valence-corrected chi connectivity index (χ0v) is 16.5. The number of hydrogen-bond donors (Lipinski definition) is 2. The van der Waals surface area contributed by atoms with Crippen molar-refractivity contribution in [3.05, 3.63) is 58.3 Å². The van der Waals surface area contributed by atoms with Gasteiger partial charge in [-0.25, -0.2) is 22.5 Å². The van der Waals surface area contributed by atoms with Gasteiger partial charge >= 0.3 is 5.69 Å². The molecule has 160 valence electrons. The Hall–Kier alpha value is -3.12. The average molecular weight is 438 g/mol. The van der Waals surface area contributed by atoms with E-state index in [9.17, 15) is 27.7 Å². The van der Waals surface area contributed by atoms with Gasteiger partial charge in [-0.2, -0.15) is 0 Å². The largest absolute Gasteiger partial charge is 0.381 e. The predicted molar refractivity (Wildman–Crippen MR) is 104 cm³/mol. The molecular formula is C18H19FN4O6S. The molecule has 2 heterocycles. The summed E-state index contributed by atoms with van der Waals surface area (Å²) in [6.45, 7) is 0.249. The molecule has 0 bridgehead atoms. The Morgan fingerprint density at radius 1 is 1.27 bits per heavy atom. The number of pyridine rings is 1. The van der Waals surface area contributed by atoms with Gasteiger partial charge in [-0.3, -0.25) is 14.9 Å². The molecule has 10 nitrogen and oxygen atoms in total. The van der Waals surface area contributed by atoms with Crippen LogP contribution < -0.4 is 10.0 Å². The van der Waals surface area contributed by atoms with Crippen molar-refractivity contribution < 1.29 is 27.3 Å². The highest BCUT2D eigenvalue weighted by atomic mass is 32.2. The molecule has 1 aromatic carbocycles. The molecule has 30 heavy (non-hydrogen) atoms. The number of aromatic nitrogens is 1. The van der Waals surface area contributed by atoms with Crippen LogP contribution in [0.15, 0.2) is 47.5 Å². The van der Waals surface area contributed by atoms with E-state index in [1.165, 1.54) is 12.1 Å². The van der Waals surface area contributed by atoms with E-state index in [0.29, 0.717) is 0 Å². The van der Waals surface area contributed by atoms with E-state index in [0.717, 1.165) is 12.3 Å². The van der Waals surface area contributed by atoms with E-state index in [1.807, 2.05) is 4.72 Å². The minimum absolute atomic E-state index is 0.103. The van der Waals surface area contributed by atoms with E-state index in [1.54, 1.807) is 18.2 Å². The summed E-state index contributed by atoms with van der Waals surface area (Å²) in [4.78, 5) is 25.9. The van der Waals surface area contributed by atoms with Crippen LogP contribution in [0.3, 0.4) is 0 Å². The molecule has 1 aromatic heterocycles. The molecule has 2 aromatic rings. The van der Waals surface area contributed by atoms with Crippen LogP contribution in [0.5, 0.6) is 0 Å². The Labute approximate surface area is 171 Å². The number of nitrogens with one attached hydrogen (secondary N) is 2. The zero-order valence-electron chi connectivity index (χ0n) is 15.7. The first kappa shape index (κ1) is 21.6. The SMILES string of the molecule is O=C(NS(=O)(=O)c1cnc(NCC2(F)CCOCC2)c([N+](=O)[O-])c1)c1ccccc1. The Kier molecular flexibility index (Phi) is 6.27. The van der Waals surface area contributed by atoms with Crippen LogP contribution in [0, 0.1) is 10.1 Å². The summed E-state index contributed by atoms with van der Waals surface area (Å²) >= 11 is 0. The first-order valence-corrected chi connectivity index (χ1v) is 10.5. The average Bonchev–Trinajstić information content (AvgIpc) is 2.73. The number of nitrogens with zero attached hydrogens (tertiary/aromatic N) is 2. The monoisotopic (exact) mass is 438 g/mol. The summed E-state index contributed by atoms with van der Waals surface area (Å²) in [5.74, 6) is -1.16. The number of amides is 1. The summed E-state index contributed by atoms with van der Waals surface area (Å²) in [6.07, 6.45) is 1.13. The highest BCUT2D eigenvalue weighted by molar-refractivity contribution is 7.90. The Bertz CT molecular complexity index is 1040. The highest BCUT2D eigenvalue weighted by Crippen LogP contribution is 2.29. The van der Waals surface area contributed by atoms with Gasteiger partial charge in [0, 0.05) is 37.7 Å². The number of nitro groups is 1. The van der Waals surface area contributed by atoms with Crippen LogP contribution in [0.2, 0.25) is 0 Å². The number of alkyl halides is 1. The fourth-order valence-electron chi connectivity index (χ4n) is 2.84. The molecule has 1 aliphatic rings. The van der Waals surface area contributed by atoms with Crippen LogP contribution in [0.4, 0.5) is 15.9 Å². The van der Waals surface area contributed by atoms with Gasteiger partial charge in [-0.15, -0.1) is 0 Å². The third kappa shape index (κ3) is 5.07. The van der Waals surface area contributed by atoms with Crippen LogP contribution >= 0.6 is 0 Å². The summed E-state index contributed by atoms with van der Waals surface area (Å²) in [5.41, 5.74) is -2.16. The second kappa shape index (κ2) is 8.71. The number of ether oxygens (including phenoxy) is 1. The molecule has 0 unspecified atom stereocenters. The van der Waals surface area contributed by atoms with Crippen LogP contribution in [-0.2, 0) is 14.8 Å². The second-order valence-electron chi connectivity index (χ2n) is 6.71. The van der Waals surface area contributed by atoms with Gasteiger partial charge in [0.25, 0.3) is 15.9 Å². The van der Waals surface area contributed by atoms with Gasteiger partial charge in [0.05, 0.1) is 17.7 Å². The lowest BCUT2D eigenvalue weighted by atomic mass is 9.96. The fourth-order valence-corrected chi connectivity index (χ4v) is 3.78. The molecule has 1 aliphatic heterocycles. The van der Waals surface area contributed by atoms with Gasteiger partial charge in [-0.1, -0.05) is 18.2 Å². The lowest BCUT2D eigenvalue weighted by Gasteiger charge is -2.29. The minimum Gasteiger partial charge on any atom is -0.381 e. The lowest BCUT2D eigenvalue weighted by Crippen LogP contribution is -2.38. The van der Waals surface area contributed by atoms with Crippen molar-refractivity contribution in [2.75, 3.05) is 25.1 Å². The highest BCUT2D eigenvalue weighted by Gasteiger charge is 2.33. The molecule has 1 saturated heterocycles. The number of anilines is 1. The standard InChI is InChI=1S/C18H19FN4O6S/c19-18(6-8-29-9-7-18)12-21-16-15(23(25)26)10-14(11-20-16)30(27,28)22-17(24)13-4-2-1-3-5-13/h1-5,10-11H,6-9,12H2,(H,20,21)(H,22,24). The summed E-state index contributed by atoms with van der Waals surface area (Å²) in [5, 5.41) is 14.0. The molecule has 1 amide bonds. The summed E-state index contributed by atoms with van der Waals surface area (Å²) in [7, 11) is -4.41. The number of carbonyl (C=O) groups excluding carboxylic acids is 1. The van der Waals surface area contributed by atoms with Crippen molar-refractivity contribution in [3.63, 3.8) is 0 Å². The molecule has 0 atom stereocenters. The topological polar surface area (TPSA) is 141 Å². The quantitative estimate of drug-likeness (QED) is 0.494. The van der Waals surface area contributed by atoms with Crippen molar-refractivity contribution in [3.8, 4) is 0 Å². The van der Waals surface area contributed by atoms with Gasteiger partial charge in [0.1, 0.15) is 10.6 Å². The molecule has 3 rings (SSSR count). The van der Waals surface area contributed by atoms with Crippen LogP contribution in [0.1, 0.15) is 23.2 Å². The fraction of sp³-hybridized carbons (Fsp3) is 0.333. The number of benzene rings is 1. The van der Waals surface area contributed by atoms with Gasteiger partial charge in [0.15, 0.2) is 0 Å². The van der Waals surface area contributed by atoms with Crippen molar-refractivity contribution in [1.29, 1.82) is 0 Å². The van der Waals surface area contributed by atoms with Gasteiger partial charge in [0.2, 0.25) is 5.82 Å². The molecule has 0 spiro atoms. The zero-order chi connectivity index (χ0) is 21.8. The van der Waals surface area contributed by atoms with Gasteiger partial charge < -0.3 is 10.1 Å². The Balaban J connectivity index is 1.80. The van der Waals surface area contributed by atoms with Crippen LogP contribution in [-0.4, -0.2) is 49.7 Å². The molecule has 0 aliphatic carbocycles. The molecule has 12 heteroatoms. The van der Waals surface area contributed by atoms with E-state index >= 15 is 0 Å². The molecule has 2 N–H and O–H groups in total. The maximum Gasteiger partial charge on any atom is 0.312 e. The number of halogens is 1. The van der Waals surface area contributed by atoms with Crippen LogP contribution in [0.25, 0.3) is 0 Å². The molecular weight excluding hydrogens is 419 g/mol. The van der Waals surface area contributed by atoms with E-state index in [2.05, 4.69) is 10.3 Å². The number of rotatable bonds is 7. The number of hydrogen-bond acceptors (Lipinski definition) is 8. The number of sulfonamides is 1. The second-order valence-corrected chi connectivity index (χ2v) is 8.40. The first-order valence-electron chi connectivity index (χ1n) is 8.97. The molecule has 0 radical (unpaired) electrons. The smallest absolute Gasteiger partial charge is 0.312 e. The minimum atomic E-state index is -4.41. The molecule has 1 fully saturated rings. The maximum atomic E-state index is 14.7. The Morgan fingerprint density at radius 3 is 2.57 bits per heavy atom. The summed E-state index contributed by atoms with van der Waals surface area (Å²) < 4.78 is 46.6. The third-order valence-corrected chi connectivity index (χ3v) is 5.87. The normalized spacial score (nSPS) is 15.9. The van der Waals surface area contributed by atoms with E-state index in [4.69, 9.17) is 4.74 Å². The number of carbonyl (C=O) groups is 1. The van der Waals surface area contributed by atoms with E-state index in [-0.39, 0.29) is 44.0 Å². The van der Waals surface area contributed by atoms with Crippen molar-refractivity contribution >= 4 is 27.4 Å². The first-order chi connectivity index (χ1) is 14.2. The lowest BCUT2D eigenvalue weighted by molar-refractivity contribution is -0.384. The maximum absolute atomic E-state index is 14.7. The van der Waals surface area contributed by atoms with Crippen molar-refractivity contribution in [1.82, 2.24) is 9.71 Å². The third-order valence-electron chi connectivity index (χ3n) is 4.57. The summed E-state index contributed by atoms with van der Waals surface area (Å²) in [6, 6.07) is 8.38. The Morgan fingerprint density at radius 2 is 1.93 bits per heavy atom. The molecule has 0 saturated carbocycles. The van der Waals surface area contributed by atoms with Crippen molar-refractivity contribution in [2.45, 2.75) is 23.4 Å². The van der Waals surface area contributed by atoms with Gasteiger partial charge in [-0.05, 0) is 12.1 Å². The van der Waals surface area contributed by atoms with Crippen molar-refractivity contribution in [2.24, 2.45) is 0 Å². The van der Waals surface area contributed by atoms with E-state index < -0.39 is 37.1 Å². The predicted octanol–water partition coefficient (Wildman–Crippen LogP) is 2.04.